The number of aromatic nitrogens is 1. The summed E-state index contributed by atoms with van der Waals surface area (Å²) in [6.07, 6.45) is 1.78. The van der Waals surface area contributed by atoms with Crippen LogP contribution in [0.2, 0.25) is 0 Å². The number of hydrogen-bond donors (Lipinski definition) is 0. The molecule has 0 radical (unpaired) electrons. The normalized spacial score (nSPS) is 20.3. The largest absolute Gasteiger partial charge is 0.378 e. The number of amidine groups is 1. The van der Waals surface area contributed by atoms with E-state index in [9.17, 15) is 0 Å². The molecule has 3 rings (SSSR count). The van der Waals surface area contributed by atoms with E-state index in [1.54, 1.807) is 18.0 Å². The molecule has 0 saturated carbocycles. The summed E-state index contributed by atoms with van der Waals surface area (Å²) in [5, 5.41) is 9.60. The average molecular weight is 262 g/mol. The second-order valence-corrected chi connectivity index (χ2v) is 4.97. The molecule has 94 valence electrons. The number of hydrogen-bond acceptors (Lipinski definition) is 6. The molecule has 0 unspecified atom stereocenters. The minimum Gasteiger partial charge on any atom is -0.378 e. The fourth-order valence-corrected chi connectivity index (χ4v) is 2.80. The molecule has 1 aromatic heterocycles. The first kappa shape index (κ1) is 11.7. The first-order valence-electron chi connectivity index (χ1n) is 5.95. The fourth-order valence-electron chi connectivity index (χ4n) is 1.86. The Morgan fingerprint density at radius 1 is 1.17 bits per heavy atom. The third-order valence-electron chi connectivity index (χ3n) is 2.84. The van der Waals surface area contributed by atoms with Crippen LogP contribution in [0.1, 0.15) is 5.69 Å². The summed E-state index contributed by atoms with van der Waals surface area (Å²) in [7, 11) is 0. The molecule has 1 aromatic rings. The highest BCUT2D eigenvalue weighted by molar-refractivity contribution is 8.14. The average Bonchev–Trinajstić information content (AvgIpc) is 2.49. The molecule has 6 heteroatoms. The highest BCUT2D eigenvalue weighted by Gasteiger charge is 2.20. The van der Waals surface area contributed by atoms with Gasteiger partial charge in [0.1, 0.15) is 0 Å². The Kier molecular flexibility index (Phi) is 3.56. The van der Waals surface area contributed by atoms with Crippen molar-refractivity contribution in [2.45, 2.75) is 0 Å². The zero-order valence-electron chi connectivity index (χ0n) is 9.95. The topological polar surface area (TPSA) is 50.1 Å². The van der Waals surface area contributed by atoms with Crippen molar-refractivity contribution >= 4 is 22.6 Å². The lowest BCUT2D eigenvalue weighted by Gasteiger charge is -2.29. The van der Waals surface area contributed by atoms with Gasteiger partial charge in [-0.05, 0) is 12.1 Å². The van der Waals surface area contributed by atoms with Crippen LogP contribution in [0.3, 0.4) is 0 Å². The molecule has 0 atom stereocenters. The van der Waals surface area contributed by atoms with Crippen LogP contribution in [-0.4, -0.2) is 52.8 Å². The Bertz CT molecular complexity index is 468. The highest BCUT2D eigenvalue weighted by atomic mass is 32.2. The number of nitrogens with zero attached hydrogens (tertiary/aromatic N) is 4. The van der Waals surface area contributed by atoms with E-state index >= 15 is 0 Å². The van der Waals surface area contributed by atoms with Crippen LogP contribution in [0.25, 0.3) is 0 Å². The highest BCUT2D eigenvalue weighted by Crippen LogP contribution is 2.18. The Hall–Kier alpha value is -1.40. The van der Waals surface area contributed by atoms with Gasteiger partial charge in [-0.3, -0.25) is 4.98 Å². The summed E-state index contributed by atoms with van der Waals surface area (Å²) in [5.41, 5.74) is 1.85. The lowest BCUT2D eigenvalue weighted by molar-refractivity contribution is 0.0692. The molecule has 0 aliphatic carbocycles. The van der Waals surface area contributed by atoms with Gasteiger partial charge in [-0.1, -0.05) is 17.8 Å². The molecule has 0 aromatic carbocycles. The van der Waals surface area contributed by atoms with E-state index in [1.807, 2.05) is 18.2 Å². The first-order chi connectivity index (χ1) is 8.93. The molecule has 1 fully saturated rings. The predicted octanol–water partition coefficient (Wildman–Crippen LogP) is 1.22. The summed E-state index contributed by atoms with van der Waals surface area (Å²) in [6, 6.07) is 5.84. The summed E-state index contributed by atoms with van der Waals surface area (Å²) in [6.45, 7) is 3.35. The molecule has 5 nitrogen and oxygen atoms in total. The monoisotopic (exact) mass is 262 g/mol. The number of rotatable bonds is 1. The molecule has 0 N–H and O–H groups in total. The van der Waals surface area contributed by atoms with E-state index < -0.39 is 0 Å². The second kappa shape index (κ2) is 5.49. The van der Waals surface area contributed by atoms with E-state index in [2.05, 4.69) is 20.1 Å². The predicted molar refractivity (Wildman–Crippen MR) is 73.1 cm³/mol. The summed E-state index contributed by atoms with van der Waals surface area (Å²) in [4.78, 5) is 6.52. The van der Waals surface area contributed by atoms with Crippen molar-refractivity contribution in [3.8, 4) is 0 Å². The quantitative estimate of drug-likeness (QED) is 0.763. The zero-order valence-corrected chi connectivity index (χ0v) is 10.8. The molecule has 3 heterocycles. The van der Waals surface area contributed by atoms with Crippen molar-refractivity contribution < 1.29 is 4.74 Å². The zero-order chi connectivity index (χ0) is 12.2. The van der Waals surface area contributed by atoms with Crippen LogP contribution in [0, 0.1) is 0 Å². The maximum absolute atomic E-state index is 5.33. The van der Waals surface area contributed by atoms with Crippen molar-refractivity contribution in [1.29, 1.82) is 0 Å². The number of ether oxygens (including phenoxy) is 1. The Labute approximate surface area is 110 Å². The number of pyridine rings is 1. The SMILES string of the molecule is c1ccc(C2=NN=C(N3CCOCC3)SC2)nc1. The van der Waals surface area contributed by atoms with Crippen LogP contribution < -0.4 is 0 Å². The standard InChI is InChI=1S/C12H14N4OS/c1-2-4-13-10(3-1)11-9-18-12(15-14-11)16-5-7-17-8-6-16/h1-4H,5-9H2. The van der Waals surface area contributed by atoms with Gasteiger partial charge in [-0.15, -0.1) is 10.2 Å². The minimum absolute atomic E-state index is 0.774. The fraction of sp³-hybridized carbons (Fsp3) is 0.417. The van der Waals surface area contributed by atoms with Gasteiger partial charge in [-0.2, -0.15) is 0 Å². The van der Waals surface area contributed by atoms with Crippen molar-refractivity contribution in [2.24, 2.45) is 10.2 Å². The molecule has 2 aliphatic heterocycles. The van der Waals surface area contributed by atoms with Crippen molar-refractivity contribution in [3.63, 3.8) is 0 Å². The molecular weight excluding hydrogens is 248 g/mol. The number of morpholine rings is 1. The van der Waals surface area contributed by atoms with Crippen molar-refractivity contribution in [1.82, 2.24) is 9.88 Å². The molecule has 18 heavy (non-hydrogen) atoms. The molecular formula is C12H14N4OS. The molecule has 1 saturated heterocycles. The third-order valence-corrected chi connectivity index (χ3v) is 3.85. The molecule has 2 aliphatic rings. The molecule has 0 bridgehead atoms. The van der Waals surface area contributed by atoms with Gasteiger partial charge in [0.05, 0.1) is 24.6 Å². The maximum atomic E-state index is 5.33. The summed E-state index contributed by atoms with van der Waals surface area (Å²) in [5.74, 6) is 0.827. The Morgan fingerprint density at radius 2 is 2.06 bits per heavy atom. The van der Waals surface area contributed by atoms with Crippen molar-refractivity contribution in [3.05, 3.63) is 30.1 Å². The van der Waals surface area contributed by atoms with Gasteiger partial charge in [0, 0.05) is 25.0 Å². The van der Waals surface area contributed by atoms with E-state index in [0.717, 1.165) is 48.6 Å². The summed E-state index contributed by atoms with van der Waals surface area (Å²) < 4.78 is 5.33. The summed E-state index contributed by atoms with van der Waals surface area (Å²) >= 11 is 1.72. The third kappa shape index (κ3) is 2.54. The van der Waals surface area contributed by atoms with Gasteiger partial charge in [0.25, 0.3) is 0 Å². The van der Waals surface area contributed by atoms with E-state index in [0.29, 0.717) is 0 Å². The smallest absolute Gasteiger partial charge is 0.186 e. The number of thioether (sulfide) groups is 1. The van der Waals surface area contributed by atoms with Gasteiger partial charge < -0.3 is 9.64 Å². The van der Waals surface area contributed by atoms with E-state index in [1.165, 1.54) is 0 Å². The second-order valence-electron chi connectivity index (χ2n) is 4.03. The van der Waals surface area contributed by atoms with Gasteiger partial charge in [0.2, 0.25) is 0 Å². The first-order valence-corrected chi connectivity index (χ1v) is 6.93. The van der Waals surface area contributed by atoms with Crippen LogP contribution >= 0.6 is 11.8 Å². The van der Waals surface area contributed by atoms with Crippen LogP contribution in [0.5, 0.6) is 0 Å². The van der Waals surface area contributed by atoms with Gasteiger partial charge in [0.15, 0.2) is 5.17 Å². The van der Waals surface area contributed by atoms with E-state index in [-0.39, 0.29) is 0 Å². The van der Waals surface area contributed by atoms with Gasteiger partial charge >= 0.3 is 0 Å². The van der Waals surface area contributed by atoms with Gasteiger partial charge in [-0.25, -0.2) is 0 Å². The Balaban J connectivity index is 1.74. The van der Waals surface area contributed by atoms with E-state index in [4.69, 9.17) is 4.74 Å². The van der Waals surface area contributed by atoms with Crippen molar-refractivity contribution in [2.75, 3.05) is 32.1 Å². The molecule has 0 amide bonds. The lowest BCUT2D eigenvalue weighted by atomic mass is 10.2. The maximum Gasteiger partial charge on any atom is 0.186 e. The lowest BCUT2D eigenvalue weighted by Crippen LogP contribution is -2.40. The van der Waals surface area contributed by atoms with Crippen LogP contribution in [0.4, 0.5) is 0 Å². The van der Waals surface area contributed by atoms with Crippen LogP contribution in [0.15, 0.2) is 34.6 Å². The van der Waals surface area contributed by atoms with Crippen LogP contribution in [-0.2, 0) is 4.74 Å². The Morgan fingerprint density at radius 3 is 2.72 bits per heavy atom. The minimum atomic E-state index is 0.774. The molecule has 0 spiro atoms.